The summed E-state index contributed by atoms with van der Waals surface area (Å²) in [6.07, 6.45) is 3.19. The summed E-state index contributed by atoms with van der Waals surface area (Å²) in [5, 5.41) is 6.70. The van der Waals surface area contributed by atoms with Gasteiger partial charge in [0, 0.05) is 30.0 Å². The first-order valence-electron chi connectivity index (χ1n) is 7.89. The van der Waals surface area contributed by atoms with E-state index in [9.17, 15) is 9.59 Å². The Balaban J connectivity index is 1.59. The van der Waals surface area contributed by atoms with Crippen LogP contribution in [0.25, 0.3) is 10.2 Å². The van der Waals surface area contributed by atoms with Gasteiger partial charge >= 0.3 is 0 Å². The number of amides is 1. The monoisotopic (exact) mass is 392 g/mol. The van der Waals surface area contributed by atoms with Gasteiger partial charge in [0.15, 0.2) is 10.3 Å². The van der Waals surface area contributed by atoms with Gasteiger partial charge in [-0.25, -0.2) is 9.97 Å². The smallest absolute Gasteiger partial charge is 0.262 e. The molecule has 6 nitrogen and oxygen atoms in total. The first-order valence-corrected chi connectivity index (χ1v) is 10.6. The highest BCUT2D eigenvalue weighted by atomic mass is 32.2. The highest BCUT2D eigenvalue weighted by Crippen LogP contribution is 2.35. The number of fused-ring (bicyclic) bond motifs is 3. The Morgan fingerprint density at radius 2 is 2.24 bits per heavy atom. The van der Waals surface area contributed by atoms with Crippen molar-refractivity contribution in [3.63, 3.8) is 0 Å². The van der Waals surface area contributed by atoms with Gasteiger partial charge in [0.2, 0.25) is 5.91 Å². The van der Waals surface area contributed by atoms with E-state index in [1.807, 2.05) is 5.38 Å². The SMILES string of the molecule is CC(=O)Nc1nc(CSc2nc3sc4c(c3c(=O)n2C)CCC4)cs1. The molecular formula is C16H16N4O2S3. The predicted octanol–water partition coefficient (Wildman–Crippen LogP) is 3.19. The normalized spacial score (nSPS) is 13.4. The molecule has 3 aromatic rings. The van der Waals surface area contributed by atoms with Gasteiger partial charge in [-0.15, -0.1) is 22.7 Å². The molecule has 130 valence electrons. The van der Waals surface area contributed by atoms with Crippen LogP contribution in [0.1, 0.15) is 29.5 Å². The van der Waals surface area contributed by atoms with Gasteiger partial charge in [-0.1, -0.05) is 11.8 Å². The third-order valence-electron chi connectivity index (χ3n) is 4.09. The van der Waals surface area contributed by atoms with E-state index in [4.69, 9.17) is 4.98 Å². The molecule has 3 aromatic heterocycles. The lowest BCUT2D eigenvalue weighted by Crippen LogP contribution is -2.20. The van der Waals surface area contributed by atoms with E-state index in [-0.39, 0.29) is 11.5 Å². The van der Waals surface area contributed by atoms with Crippen LogP contribution in [0.2, 0.25) is 0 Å². The largest absolute Gasteiger partial charge is 0.302 e. The van der Waals surface area contributed by atoms with Crippen LogP contribution in [-0.4, -0.2) is 20.4 Å². The Kier molecular flexibility index (Phi) is 4.38. The number of carbonyl (C=O) groups excluding carboxylic acids is 1. The van der Waals surface area contributed by atoms with E-state index in [0.717, 1.165) is 35.2 Å². The number of anilines is 1. The van der Waals surface area contributed by atoms with Crippen molar-refractivity contribution >= 4 is 55.7 Å². The van der Waals surface area contributed by atoms with E-state index in [1.54, 1.807) is 23.0 Å². The predicted molar refractivity (Wildman–Crippen MR) is 103 cm³/mol. The highest BCUT2D eigenvalue weighted by molar-refractivity contribution is 7.98. The standard InChI is InChI=1S/C16H16N4O2S3/c1-8(21)17-15-18-9(6-23-15)7-24-16-19-13-12(14(22)20(16)2)10-4-3-5-11(10)25-13/h6H,3-5,7H2,1-2H3,(H,17,18,21). The zero-order valence-electron chi connectivity index (χ0n) is 13.8. The van der Waals surface area contributed by atoms with Crippen molar-refractivity contribution in [1.82, 2.24) is 14.5 Å². The van der Waals surface area contributed by atoms with Gasteiger partial charge in [-0.3, -0.25) is 14.2 Å². The van der Waals surface area contributed by atoms with E-state index in [1.165, 1.54) is 40.5 Å². The van der Waals surface area contributed by atoms with Crippen molar-refractivity contribution < 1.29 is 4.79 Å². The van der Waals surface area contributed by atoms with Crippen LogP contribution in [0, 0.1) is 0 Å². The molecule has 0 unspecified atom stereocenters. The van der Waals surface area contributed by atoms with Crippen molar-refractivity contribution in [2.45, 2.75) is 37.1 Å². The Labute approximate surface area is 156 Å². The number of nitrogens with zero attached hydrogens (tertiary/aromatic N) is 3. The minimum absolute atomic E-state index is 0.0455. The van der Waals surface area contributed by atoms with E-state index in [0.29, 0.717) is 16.0 Å². The molecular weight excluding hydrogens is 376 g/mol. The first kappa shape index (κ1) is 16.7. The molecule has 0 aliphatic heterocycles. The number of nitrogens with one attached hydrogen (secondary N) is 1. The van der Waals surface area contributed by atoms with E-state index in [2.05, 4.69) is 10.3 Å². The minimum atomic E-state index is -0.131. The Bertz CT molecular complexity index is 1030. The summed E-state index contributed by atoms with van der Waals surface area (Å²) in [6.45, 7) is 1.46. The van der Waals surface area contributed by atoms with Gasteiger partial charge in [0.05, 0.1) is 11.1 Å². The molecule has 0 atom stereocenters. The summed E-state index contributed by atoms with van der Waals surface area (Å²) in [5.41, 5.74) is 2.12. The van der Waals surface area contributed by atoms with Crippen molar-refractivity contribution in [1.29, 1.82) is 0 Å². The average Bonchev–Trinajstić information content (AvgIpc) is 3.24. The first-order chi connectivity index (χ1) is 12.0. The molecule has 1 amide bonds. The Hall–Kier alpha value is -1.71. The number of thiophene rings is 1. The third-order valence-corrected chi connectivity index (χ3v) is 7.14. The molecule has 0 spiro atoms. The van der Waals surface area contributed by atoms with Gasteiger partial charge < -0.3 is 5.32 Å². The summed E-state index contributed by atoms with van der Waals surface area (Å²) in [7, 11) is 1.78. The maximum absolute atomic E-state index is 12.8. The maximum atomic E-state index is 12.8. The van der Waals surface area contributed by atoms with Crippen molar-refractivity contribution in [2.24, 2.45) is 7.05 Å². The van der Waals surface area contributed by atoms with Crippen molar-refractivity contribution in [3.05, 3.63) is 31.9 Å². The van der Waals surface area contributed by atoms with Crippen LogP contribution in [0.4, 0.5) is 5.13 Å². The quantitative estimate of drug-likeness (QED) is 0.545. The summed E-state index contributed by atoms with van der Waals surface area (Å²) in [5.74, 6) is 0.473. The second-order valence-corrected chi connectivity index (χ2v) is 8.79. The van der Waals surface area contributed by atoms with E-state index >= 15 is 0 Å². The summed E-state index contributed by atoms with van der Waals surface area (Å²) < 4.78 is 1.64. The van der Waals surface area contributed by atoms with Crippen molar-refractivity contribution in [2.75, 3.05) is 5.32 Å². The average molecular weight is 393 g/mol. The number of aryl methyl sites for hydroxylation is 2. The summed E-state index contributed by atoms with van der Waals surface area (Å²) >= 11 is 4.54. The van der Waals surface area contributed by atoms with Gasteiger partial charge in [-0.2, -0.15) is 0 Å². The number of rotatable bonds is 4. The zero-order chi connectivity index (χ0) is 17.6. The zero-order valence-corrected chi connectivity index (χ0v) is 16.2. The third kappa shape index (κ3) is 3.11. The molecule has 3 heterocycles. The fourth-order valence-electron chi connectivity index (χ4n) is 2.95. The second-order valence-electron chi connectivity index (χ2n) is 5.91. The molecule has 0 bridgehead atoms. The molecule has 25 heavy (non-hydrogen) atoms. The van der Waals surface area contributed by atoms with Crippen LogP contribution in [0.15, 0.2) is 15.3 Å². The molecule has 9 heteroatoms. The molecule has 0 saturated carbocycles. The number of thiazole rings is 1. The molecule has 0 fully saturated rings. The van der Waals surface area contributed by atoms with Gasteiger partial charge in [0.25, 0.3) is 5.56 Å². The number of thioether (sulfide) groups is 1. The summed E-state index contributed by atoms with van der Waals surface area (Å²) in [6, 6.07) is 0. The lowest BCUT2D eigenvalue weighted by Gasteiger charge is -2.06. The molecule has 1 N–H and O–H groups in total. The molecule has 0 saturated heterocycles. The maximum Gasteiger partial charge on any atom is 0.262 e. The molecule has 1 aliphatic rings. The number of hydrogen-bond acceptors (Lipinski definition) is 7. The second kappa shape index (κ2) is 6.54. The van der Waals surface area contributed by atoms with Gasteiger partial charge in [0.1, 0.15) is 4.83 Å². The topological polar surface area (TPSA) is 76.9 Å². The van der Waals surface area contributed by atoms with Crippen LogP contribution in [0.3, 0.4) is 0 Å². The Morgan fingerprint density at radius 1 is 1.40 bits per heavy atom. The Morgan fingerprint density at radius 3 is 3.04 bits per heavy atom. The molecule has 0 radical (unpaired) electrons. The van der Waals surface area contributed by atoms with Crippen LogP contribution < -0.4 is 10.9 Å². The fourth-order valence-corrected chi connectivity index (χ4v) is 5.98. The van der Waals surface area contributed by atoms with Crippen LogP contribution in [-0.2, 0) is 30.4 Å². The number of aromatic nitrogens is 3. The number of hydrogen-bond donors (Lipinski definition) is 1. The van der Waals surface area contributed by atoms with Crippen molar-refractivity contribution in [3.8, 4) is 0 Å². The fraction of sp³-hybridized carbons (Fsp3) is 0.375. The van der Waals surface area contributed by atoms with Gasteiger partial charge in [-0.05, 0) is 24.8 Å². The molecule has 4 rings (SSSR count). The van der Waals surface area contributed by atoms with E-state index < -0.39 is 0 Å². The summed E-state index contributed by atoms with van der Waals surface area (Å²) in [4.78, 5) is 35.1. The minimum Gasteiger partial charge on any atom is -0.302 e. The van der Waals surface area contributed by atoms with Crippen LogP contribution >= 0.6 is 34.4 Å². The molecule has 0 aromatic carbocycles. The molecule has 1 aliphatic carbocycles. The lowest BCUT2D eigenvalue weighted by molar-refractivity contribution is -0.114. The highest BCUT2D eigenvalue weighted by Gasteiger charge is 2.22. The number of carbonyl (C=O) groups is 1. The van der Waals surface area contributed by atoms with Crippen LogP contribution in [0.5, 0.6) is 0 Å². The lowest BCUT2D eigenvalue weighted by atomic mass is 10.2.